The average molecular weight is 236 g/mol. The highest BCUT2D eigenvalue weighted by Gasteiger charge is 1.94. The molecule has 1 rings (SSSR count). The smallest absolute Gasteiger partial charge is 0.211 e. The monoisotopic (exact) mass is 235 g/mol. The standard InChI is InChI=1S/C10H6BrNO/c11-7-3-5-9-4-1-2-6-10(9)12-8-13/h1-2,4,6H,7H2. The number of aliphatic imine (C=N–C) groups is 1. The van der Waals surface area contributed by atoms with Crippen molar-refractivity contribution < 1.29 is 4.79 Å². The topological polar surface area (TPSA) is 29.4 Å². The molecule has 0 N–H and O–H groups in total. The first-order chi connectivity index (χ1) is 6.38. The minimum Gasteiger partial charge on any atom is -0.211 e. The van der Waals surface area contributed by atoms with Gasteiger partial charge in [0.1, 0.15) is 0 Å². The number of para-hydroxylation sites is 1. The molecule has 0 spiro atoms. The third-order valence-electron chi connectivity index (χ3n) is 1.36. The Labute approximate surface area is 84.8 Å². The van der Waals surface area contributed by atoms with Gasteiger partial charge in [0.05, 0.1) is 16.6 Å². The summed E-state index contributed by atoms with van der Waals surface area (Å²) in [5.74, 6) is 5.72. The van der Waals surface area contributed by atoms with E-state index >= 15 is 0 Å². The lowest BCUT2D eigenvalue weighted by Gasteiger charge is -1.93. The van der Waals surface area contributed by atoms with Gasteiger partial charge >= 0.3 is 0 Å². The van der Waals surface area contributed by atoms with Crippen LogP contribution in [0.25, 0.3) is 0 Å². The van der Waals surface area contributed by atoms with E-state index in [1.54, 1.807) is 12.1 Å². The second kappa shape index (κ2) is 5.31. The predicted molar refractivity (Wildman–Crippen MR) is 54.9 cm³/mol. The summed E-state index contributed by atoms with van der Waals surface area (Å²) in [6.07, 6.45) is 1.50. The molecule has 0 aliphatic heterocycles. The molecule has 0 atom stereocenters. The predicted octanol–water partition coefficient (Wildman–Crippen LogP) is 2.40. The molecule has 2 nitrogen and oxygen atoms in total. The van der Waals surface area contributed by atoms with Crippen LogP contribution in [0.5, 0.6) is 0 Å². The molecule has 0 amide bonds. The molecule has 0 unspecified atom stereocenters. The molecule has 0 saturated carbocycles. The first-order valence-corrected chi connectivity index (χ1v) is 4.72. The number of nitrogens with zero attached hydrogens (tertiary/aromatic N) is 1. The van der Waals surface area contributed by atoms with Crippen LogP contribution in [-0.4, -0.2) is 11.4 Å². The van der Waals surface area contributed by atoms with E-state index in [1.807, 2.05) is 12.1 Å². The van der Waals surface area contributed by atoms with Gasteiger partial charge < -0.3 is 0 Å². The first kappa shape index (κ1) is 9.73. The van der Waals surface area contributed by atoms with Crippen LogP contribution in [0.15, 0.2) is 29.3 Å². The molecule has 0 fully saturated rings. The fraction of sp³-hybridized carbons (Fsp3) is 0.100. The summed E-state index contributed by atoms with van der Waals surface area (Å²) in [6.45, 7) is 0. The Morgan fingerprint density at radius 3 is 2.85 bits per heavy atom. The minimum absolute atomic E-state index is 0.561. The summed E-state index contributed by atoms with van der Waals surface area (Å²) in [6, 6.07) is 7.19. The van der Waals surface area contributed by atoms with Crippen LogP contribution in [0.2, 0.25) is 0 Å². The summed E-state index contributed by atoms with van der Waals surface area (Å²) in [5, 5.41) is 0.603. The molecule has 0 heterocycles. The van der Waals surface area contributed by atoms with E-state index in [0.717, 1.165) is 5.56 Å². The zero-order chi connectivity index (χ0) is 9.52. The molecule has 64 valence electrons. The van der Waals surface area contributed by atoms with E-state index in [2.05, 4.69) is 32.8 Å². The number of carbonyl (C=O) groups excluding carboxylic acids is 1. The number of isocyanates is 1. The lowest BCUT2D eigenvalue weighted by atomic mass is 10.2. The first-order valence-electron chi connectivity index (χ1n) is 3.60. The van der Waals surface area contributed by atoms with Gasteiger partial charge in [-0.25, -0.2) is 4.79 Å². The van der Waals surface area contributed by atoms with Crippen molar-refractivity contribution in [3.05, 3.63) is 29.8 Å². The van der Waals surface area contributed by atoms with Crippen molar-refractivity contribution in [1.82, 2.24) is 0 Å². The van der Waals surface area contributed by atoms with Gasteiger partial charge in [-0.15, -0.1) is 0 Å². The number of benzene rings is 1. The Hall–Kier alpha value is -1.36. The van der Waals surface area contributed by atoms with Crippen LogP contribution in [0.4, 0.5) is 5.69 Å². The maximum atomic E-state index is 10.1. The molecule has 13 heavy (non-hydrogen) atoms. The number of hydrogen-bond acceptors (Lipinski definition) is 2. The average Bonchev–Trinajstić information content (AvgIpc) is 2.17. The van der Waals surface area contributed by atoms with E-state index in [0.29, 0.717) is 11.0 Å². The van der Waals surface area contributed by atoms with Gasteiger partial charge in [0.25, 0.3) is 0 Å². The van der Waals surface area contributed by atoms with Crippen molar-refractivity contribution in [2.75, 3.05) is 5.33 Å². The maximum absolute atomic E-state index is 10.1. The van der Waals surface area contributed by atoms with E-state index in [9.17, 15) is 4.79 Å². The molecular formula is C10H6BrNO. The molecule has 0 bridgehead atoms. The molecule has 0 aliphatic carbocycles. The number of rotatable bonds is 1. The third-order valence-corrected chi connectivity index (χ3v) is 1.64. The van der Waals surface area contributed by atoms with Gasteiger partial charge in [0.2, 0.25) is 6.08 Å². The quantitative estimate of drug-likeness (QED) is 0.318. The van der Waals surface area contributed by atoms with Crippen molar-refractivity contribution in [1.29, 1.82) is 0 Å². The van der Waals surface area contributed by atoms with E-state index < -0.39 is 0 Å². The molecular weight excluding hydrogens is 230 g/mol. The van der Waals surface area contributed by atoms with Crippen molar-refractivity contribution >= 4 is 27.7 Å². The molecule has 1 aromatic carbocycles. The zero-order valence-corrected chi connectivity index (χ0v) is 8.34. The Morgan fingerprint density at radius 1 is 1.38 bits per heavy atom. The SMILES string of the molecule is O=C=Nc1ccccc1C#CCBr. The van der Waals surface area contributed by atoms with Crippen LogP contribution in [0.1, 0.15) is 5.56 Å². The summed E-state index contributed by atoms with van der Waals surface area (Å²) >= 11 is 3.19. The Kier molecular flexibility index (Phi) is 3.98. The van der Waals surface area contributed by atoms with E-state index in [4.69, 9.17) is 0 Å². The number of hydrogen-bond donors (Lipinski definition) is 0. The van der Waals surface area contributed by atoms with Gasteiger partial charge in [-0.2, -0.15) is 4.99 Å². The normalized spacial score (nSPS) is 8.08. The summed E-state index contributed by atoms with van der Waals surface area (Å²) < 4.78 is 0. The Balaban J connectivity index is 3.11. The van der Waals surface area contributed by atoms with E-state index in [-0.39, 0.29) is 0 Å². The van der Waals surface area contributed by atoms with E-state index in [1.165, 1.54) is 6.08 Å². The van der Waals surface area contributed by atoms with Gasteiger partial charge in [-0.05, 0) is 12.1 Å². The molecule has 0 aliphatic rings. The second-order valence-corrected chi connectivity index (χ2v) is 2.72. The summed E-state index contributed by atoms with van der Waals surface area (Å²) in [7, 11) is 0. The van der Waals surface area contributed by atoms with Gasteiger partial charge in [0.15, 0.2) is 0 Å². The lowest BCUT2D eigenvalue weighted by Crippen LogP contribution is -1.75. The van der Waals surface area contributed by atoms with Crippen LogP contribution < -0.4 is 0 Å². The Bertz CT molecular complexity index is 397. The third kappa shape index (κ3) is 2.87. The highest BCUT2D eigenvalue weighted by molar-refractivity contribution is 9.09. The largest absolute Gasteiger partial charge is 0.240 e. The highest BCUT2D eigenvalue weighted by Crippen LogP contribution is 2.16. The van der Waals surface area contributed by atoms with Crippen LogP contribution in [0.3, 0.4) is 0 Å². The fourth-order valence-corrected chi connectivity index (χ4v) is 0.995. The van der Waals surface area contributed by atoms with Gasteiger partial charge in [-0.3, -0.25) is 0 Å². The molecule has 0 saturated heterocycles. The van der Waals surface area contributed by atoms with Crippen LogP contribution in [0, 0.1) is 11.8 Å². The highest BCUT2D eigenvalue weighted by atomic mass is 79.9. The molecule has 3 heteroatoms. The number of halogens is 1. The van der Waals surface area contributed by atoms with Gasteiger partial charge in [0, 0.05) is 0 Å². The van der Waals surface area contributed by atoms with Gasteiger partial charge in [-0.1, -0.05) is 39.9 Å². The zero-order valence-electron chi connectivity index (χ0n) is 6.75. The molecule has 0 radical (unpaired) electrons. The van der Waals surface area contributed by atoms with Crippen molar-refractivity contribution in [3.8, 4) is 11.8 Å². The number of alkyl halides is 1. The summed E-state index contributed by atoms with van der Waals surface area (Å²) in [5.41, 5.74) is 1.30. The van der Waals surface area contributed by atoms with Crippen molar-refractivity contribution in [2.24, 2.45) is 4.99 Å². The molecule has 0 aromatic heterocycles. The lowest BCUT2D eigenvalue weighted by molar-refractivity contribution is 0.565. The van der Waals surface area contributed by atoms with Crippen LogP contribution in [-0.2, 0) is 4.79 Å². The fourth-order valence-electron chi connectivity index (χ4n) is 0.855. The van der Waals surface area contributed by atoms with Crippen molar-refractivity contribution in [3.63, 3.8) is 0 Å². The summed E-state index contributed by atoms with van der Waals surface area (Å²) in [4.78, 5) is 13.6. The minimum atomic E-state index is 0.561. The van der Waals surface area contributed by atoms with Crippen LogP contribution >= 0.6 is 15.9 Å². The second-order valence-electron chi connectivity index (χ2n) is 2.16. The Morgan fingerprint density at radius 2 is 2.15 bits per heavy atom. The van der Waals surface area contributed by atoms with Crippen molar-refractivity contribution in [2.45, 2.75) is 0 Å². The molecule has 1 aromatic rings. The maximum Gasteiger partial charge on any atom is 0.240 e.